The van der Waals surface area contributed by atoms with Crippen LogP contribution in [0.3, 0.4) is 0 Å². The van der Waals surface area contributed by atoms with E-state index in [4.69, 9.17) is 5.84 Å². The Kier molecular flexibility index (Phi) is 5.49. The van der Waals surface area contributed by atoms with E-state index in [1.165, 1.54) is 0 Å². The highest BCUT2D eigenvalue weighted by atomic mass is 32.2. The molecule has 0 aliphatic heterocycles. The van der Waals surface area contributed by atoms with Crippen LogP contribution in [0.1, 0.15) is 12.8 Å². The highest BCUT2D eigenvalue weighted by molar-refractivity contribution is 7.91. The van der Waals surface area contributed by atoms with Crippen molar-refractivity contribution in [3.63, 3.8) is 0 Å². The molecule has 0 amide bonds. The Hall–Kier alpha value is -1.44. The molecule has 13 heteroatoms. The Morgan fingerprint density at radius 1 is 1.43 bits per heavy atom. The number of hydrogen-bond acceptors (Lipinski definition) is 7. The number of nitrogens with one attached hydrogen (secondary N) is 2. The van der Waals surface area contributed by atoms with Crippen molar-refractivity contribution in [1.82, 2.24) is 4.72 Å². The van der Waals surface area contributed by atoms with Gasteiger partial charge in [0.15, 0.2) is 5.00 Å². The lowest BCUT2D eigenvalue weighted by Crippen LogP contribution is -2.25. The van der Waals surface area contributed by atoms with Gasteiger partial charge in [0, 0.05) is 19.0 Å². The Morgan fingerprint density at radius 3 is 2.48 bits per heavy atom. The fourth-order valence-corrected chi connectivity index (χ4v) is 3.65. The molecule has 0 spiro atoms. The van der Waals surface area contributed by atoms with Crippen molar-refractivity contribution in [2.24, 2.45) is 5.84 Å². The van der Waals surface area contributed by atoms with Crippen molar-refractivity contribution in [3.05, 3.63) is 16.2 Å². The average molecular weight is 348 g/mol. The maximum Gasteiger partial charge on any atom is 0.389 e. The number of nitrogens with zero attached hydrogens (tertiary/aromatic N) is 1. The molecule has 0 radical (unpaired) electrons. The van der Waals surface area contributed by atoms with Crippen LogP contribution in [0.25, 0.3) is 0 Å². The van der Waals surface area contributed by atoms with E-state index in [0.29, 0.717) is 11.3 Å². The molecule has 1 aromatic heterocycles. The van der Waals surface area contributed by atoms with Crippen molar-refractivity contribution >= 4 is 32.0 Å². The molecule has 120 valence electrons. The number of anilines is 1. The van der Waals surface area contributed by atoms with Gasteiger partial charge in [0.25, 0.3) is 0 Å². The van der Waals surface area contributed by atoms with Gasteiger partial charge in [0.05, 0.1) is 4.92 Å². The first-order chi connectivity index (χ1) is 9.57. The van der Waals surface area contributed by atoms with Crippen LogP contribution in [0.15, 0.2) is 10.3 Å². The number of sulfonamides is 1. The van der Waals surface area contributed by atoms with Crippen molar-refractivity contribution in [2.75, 3.05) is 12.0 Å². The molecule has 8 nitrogen and oxygen atoms in total. The summed E-state index contributed by atoms with van der Waals surface area (Å²) >= 11 is 0.508. The van der Waals surface area contributed by atoms with E-state index in [9.17, 15) is 31.7 Å². The standard InChI is InChI=1S/C8H11F3N4O4S2/c9-8(10,11)2-1-3-13-21(18,19)6-4-5(15(16)17)7(14-12)20-6/h4,13-14H,1-3,12H2. The summed E-state index contributed by atoms with van der Waals surface area (Å²) < 4.78 is 60.9. The maximum absolute atomic E-state index is 11.9. The molecule has 0 fully saturated rings. The van der Waals surface area contributed by atoms with Crippen LogP contribution in [0.2, 0.25) is 0 Å². The molecule has 0 aromatic carbocycles. The number of nitro groups is 1. The zero-order chi connectivity index (χ0) is 16.3. The normalized spacial score (nSPS) is 12.4. The second-order valence-corrected chi connectivity index (χ2v) is 6.84. The van der Waals surface area contributed by atoms with Gasteiger partial charge >= 0.3 is 11.9 Å². The Bertz CT molecular complexity index is 614. The van der Waals surface area contributed by atoms with Crippen LogP contribution >= 0.6 is 11.3 Å². The van der Waals surface area contributed by atoms with Crippen LogP contribution in [0, 0.1) is 10.1 Å². The number of halogens is 3. The van der Waals surface area contributed by atoms with Gasteiger partial charge in [-0.25, -0.2) is 19.0 Å². The molecule has 21 heavy (non-hydrogen) atoms. The first kappa shape index (κ1) is 17.6. The first-order valence-electron chi connectivity index (χ1n) is 5.38. The topological polar surface area (TPSA) is 127 Å². The van der Waals surface area contributed by atoms with Gasteiger partial charge < -0.3 is 5.43 Å². The van der Waals surface area contributed by atoms with E-state index >= 15 is 0 Å². The van der Waals surface area contributed by atoms with Gasteiger partial charge in [-0.1, -0.05) is 11.3 Å². The van der Waals surface area contributed by atoms with E-state index in [-0.39, 0.29) is 5.00 Å². The van der Waals surface area contributed by atoms with Crippen LogP contribution in [-0.2, 0) is 10.0 Å². The summed E-state index contributed by atoms with van der Waals surface area (Å²) in [6.07, 6.45) is -5.93. The van der Waals surface area contributed by atoms with E-state index in [1.54, 1.807) is 0 Å². The largest absolute Gasteiger partial charge is 0.389 e. The smallest absolute Gasteiger partial charge is 0.310 e. The number of alkyl halides is 3. The van der Waals surface area contributed by atoms with Crippen LogP contribution < -0.4 is 16.0 Å². The third-order valence-corrected chi connectivity index (χ3v) is 5.20. The van der Waals surface area contributed by atoms with E-state index < -0.39 is 50.4 Å². The lowest BCUT2D eigenvalue weighted by Gasteiger charge is -2.06. The maximum atomic E-state index is 11.9. The van der Waals surface area contributed by atoms with Gasteiger partial charge in [-0.15, -0.1) is 0 Å². The minimum Gasteiger partial charge on any atom is -0.310 e. The second-order valence-electron chi connectivity index (χ2n) is 3.80. The Labute approximate surface area is 121 Å². The molecular weight excluding hydrogens is 337 g/mol. The first-order valence-corrected chi connectivity index (χ1v) is 7.68. The summed E-state index contributed by atoms with van der Waals surface area (Å²) in [6.45, 7) is -0.432. The van der Waals surface area contributed by atoms with Crippen molar-refractivity contribution in [3.8, 4) is 0 Å². The van der Waals surface area contributed by atoms with Crippen LogP contribution in [0.5, 0.6) is 0 Å². The average Bonchev–Trinajstić information content (AvgIpc) is 2.78. The van der Waals surface area contributed by atoms with Gasteiger partial charge in [-0.3, -0.25) is 10.1 Å². The summed E-state index contributed by atoms with van der Waals surface area (Å²) in [5, 5.41) is 10.5. The summed E-state index contributed by atoms with van der Waals surface area (Å²) in [5.41, 5.74) is 1.46. The van der Waals surface area contributed by atoms with Crippen LogP contribution in [0.4, 0.5) is 23.9 Å². The lowest BCUT2D eigenvalue weighted by molar-refractivity contribution is -0.383. The second kappa shape index (κ2) is 6.55. The SMILES string of the molecule is NNc1sc(S(=O)(=O)NCCCC(F)(F)F)cc1[N+](=O)[O-]. The molecule has 0 bridgehead atoms. The van der Waals surface area contributed by atoms with Gasteiger partial charge in [-0.05, 0) is 6.42 Å². The fourth-order valence-electron chi connectivity index (χ4n) is 1.30. The third kappa shape index (κ3) is 5.11. The highest BCUT2D eigenvalue weighted by Crippen LogP contribution is 2.36. The lowest BCUT2D eigenvalue weighted by atomic mass is 10.3. The van der Waals surface area contributed by atoms with Crippen molar-refractivity contribution < 1.29 is 26.5 Å². The van der Waals surface area contributed by atoms with Crippen molar-refractivity contribution in [2.45, 2.75) is 23.2 Å². The number of hydrogen-bond donors (Lipinski definition) is 3. The molecule has 0 saturated carbocycles. The highest BCUT2D eigenvalue weighted by Gasteiger charge is 2.28. The molecule has 4 N–H and O–H groups in total. The number of nitrogens with two attached hydrogens (primary N) is 1. The van der Waals surface area contributed by atoms with Crippen LogP contribution in [-0.4, -0.2) is 26.1 Å². The molecule has 0 saturated heterocycles. The summed E-state index contributed by atoms with van der Waals surface area (Å²) in [5.74, 6) is 5.03. The third-order valence-electron chi connectivity index (χ3n) is 2.21. The monoisotopic (exact) mass is 348 g/mol. The minimum absolute atomic E-state index is 0.171. The fraction of sp³-hybridized carbons (Fsp3) is 0.500. The number of hydrazine groups is 1. The van der Waals surface area contributed by atoms with E-state index in [0.717, 1.165) is 6.07 Å². The predicted molar refractivity (Wildman–Crippen MR) is 69.3 cm³/mol. The zero-order valence-corrected chi connectivity index (χ0v) is 11.9. The molecule has 0 unspecified atom stereocenters. The Morgan fingerprint density at radius 2 is 2.05 bits per heavy atom. The van der Waals surface area contributed by atoms with E-state index in [2.05, 4.69) is 0 Å². The number of nitrogen functional groups attached to an aromatic ring is 1. The summed E-state index contributed by atoms with van der Waals surface area (Å²) in [7, 11) is -4.12. The molecular formula is C8H11F3N4O4S2. The van der Waals surface area contributed by atoms with Gasteiger partial charge in [0.2, 0.25) is 10.0 Å². The van der Waals surface area contributed by atoms with E-state index in [1.807, 2.05) is 10.1 Å². The van der Waals surface area contributed by atoms with Crippen molar-refractivity contribution in [1.29, 1.82) is 0 Å². The van der Waals surface area contributed by atoms with Gasteiger partial charge in [-0.2, -0.15) is 13.2 Å². The quantitative estimate of drug-likeness (QED) is 0.297. The summed E-state index contributed by atoms with van der Waals surface area (Å²) in [4.78, 5) is 9.84. The predicted octanol–water partition coefficient (Wildman–Crippen LogP) is 1.56. The molecule has 0 aliphatic carbocycles. The molecule has 1 aromatic rings. The summed E-state index contributed by atoms with van der Waals surface area (Å²) in [6, 6.07) is 0.784. The molecule has 0 aliphatic rings. The zero-order valence-electron chi connectivity index (χ0n) is 10.3. The Balaban J connectivity index is 2.77. The molecule has 1 heterocycles. The van der Waals surface area contributed by atoms with Gasteiger partial charge in [0.1, 0.15) is 4.21 Å². The molecule has 1 rings (SSSR count). The minimum atomic E-state index is -4.37. The molecule has 0 atom stereocenters. The number of thiophene rings is 1. The number of rotatable bonds is 7.